The van der Waals surface area contributed by atoms with Gasteiger partial charge in [0.15, 0.2) is 0 Å². The van der Waals surface area contributed by atoms with Gasteiger partial charge in [-0.05, 0) is 52.5 Å². The van der Waals surface area contributed by atoms with Crippen molar-refractivity contribution in [2.45, 2.75) is 0 Å². The minimum absolute atomic E-state index is 0.0572. The standard InChI is InChI=1S/C23H26N4O5/c1-12(10-26(2)3)24-13-6-8-15(28)20-18(13)22(31)21-16(29)9-7-14(19(21)23(20)32)25-17(30)11-27(4)5/h6-9,24,28-29H,1,10-11H2,2-5H3,(H,25,30). The number of fused-ring (bicyclic) bond motifs is 2. The Morgan fingerprint density at radius 1 is 0.781 bits per heavy atom. The van der Waals surface area contributed by atoms with Crippen LogP contribution in [0.1, 0.15) is 31.8 Å². The maximum Gasteiger partial charge on any atom is 0.238 e. The van der Waals surface area contributed by atoms with Crippen molar-refractivity contribution in [2.75, 3.05) is 51.9 Å². The highest BCUT2D eigenvalue weighted by atomic mass is 16.3. The number of ketones is 2. The first-order chi connectivity index (χ1) is 15.0. The number of amides is 1. The molecule has 0 bridgehead atoms. The van der Waals surface area contributed by atoms with Crippen molar-refractivity contribution in [3.05, 3.63) is 58.8 Å². The first-order valence-corrected chi connectivity index (χ1v) is 9.86. The molecule has 168 valence electrons. The molecule has 1 aliphatic rings. The quantitative estimate of drug-likeness (QED) is 0.413. The lowest BCUT2D eigenvalue weighted by molar-refractivity contribution is -0.116. The van der Waals surface area contributed by atoms with Crippen molar-refractivity contribution in [3.8, 4) is 11.5 Å². The fourth-order valence-electron chi connectivity index (χ4n) is 3.66. The minimum Gasteiger partial charge on any atom is -0.507 e. The maximum atomic E-state index is 13.4. The lowest BCUT2D eigenvalue weighted by Gasteiger charge is -2.25. The number of phenolic OH excluding ortho intramolecular Hbond substituents is 2. The number of nitrogens with zero attached hydrogens (tertiary/aromatic N) is 2. The third kappa shape index (κ3) is 4.34. The number of hydrogen-bond donors (Lipinski definition) is 4. The van der Waals surface area contributed by atoms with Crippen LogP contribution in [0.4, 0.5) is 11.4 Å². The van der Waals surface area contributed by atoms with Crippen molar-refractivity contribution >= 4 is 28.8 Å². The third-order valence-corrected chi connectivity index (χ3v) is 4.83. The zero-order valence-electron chi connectivity index (χ0n) is 18.4. The van der Waals surface area contributed by atoms with Gasteiger partial charge in [0, 0.05) is 12.2 Å². The van der Waals surface area contributed by atoms with E-state index in [2.05, 4.69) is 17.2 Å². The van der Waals surface area contributed by atoms with Gasteiger partial charge in [-0.1, -0.05) is 6.58 Å². The molecule has 0 atom stereocenters. The van der Waals surface area contributed by atoms with Crippen molar-refractivity contribution in [1.82, 2.24) is 9.80 Å². The van der Waals surface area contributed by atoms with Gasteiger partial charge in [-0.3, -0.25) is 14.4 Å². The Hall–Kier alpha value is -3.69. The molecule has 4 N–H and O–H groups in total. The van der Waals surface area contributed by atoms with E-state index in [1.165, 1.54) is 24.3 Å². The predicted octanol–water partition coefficient (Wildman–Crippen LogP) is 1.86. The molecule has 9 nitrogen and oxygen atoms in total. The molecule has 0 aromatic heterocycles. The molecule has 0 spiro atoms. The Labute approximate surface area is 185 Å². The van der Waals surface area contributed by atoms with Gasteiger partial charge in [0.05, 0.1) is 40.2 Å². The zero-order chi connectivity index (χ0) is 23.7. The fraction of sp³-hybridized carbons (Fsp3) is 0.261. The molecule has 3 rings (SSSR count). The number of aromatic hydroxyl groups is 2. The van der Waals surface area contributed by atoms with Gasteiger partial charge >= 0.3 is 0 Å². The second-order valence-corrected chi connectivity index (χ2v) is 8.18. The average Bonchev–Trinajstić information content (AvgIpc) is 2.67. The predicted molar refractivity (Wildman–Crippen MR) is 122 cm³/mol. The van der Waals surface area contributed by atoms with E-state index in [1.807, 2.05) is 19.0 Å². The number of carbonyl (C=O) groups excluding carboxylic acids is 3. The van der Waals surface area contributed by atoms with Gasteiger partial charge in [-0.25, -0.2) is 0 Å². The summed E-state index contributed by atoms with van der Waals surface area (Å²) in [5.74, 6) is -2.48. The summed E-state index contributed by atoms with van der Waals surface area (Å²) in [7, 11) is 7.14. The topological polar surface area (TPSA) is 122 Å². The Balaban J connectivity index is 2.13. The van der Waals surface area contributed by atoms with Gasteiger partial charge in [0.1, 0.15) is 11.5 Å². The number of anilines is 2. The molecule has 2 aromatic rings. The first-order valence-electron chi connectivity index (χ1n) is 9.86. The van der Waals surface area contributed by atoms with Gasteiger partial charge in [0.2, 0.25) is 17.5 Å². The van der Waals surface area contributed by atoms with E-state index in [9.17, 15) is 24.6 Å². The van der Waals surface area contributed by atoms with Crippen molar-refractivity contribution in [2.24, 2.45) is 0 Å². The van der Waals surface area contributed by atoms with Crippen LogP contribution < -0.4 is 10.6 Å². The van der Waals surface area contributed by atoms with Crippen molar-refractivity contribution in [3.63, 3.8) is 0 Å². The summed E-state index contributed by atoms with van der Waals surface area (Å²) in [6, 6.07) is 5.40. The number of hydrogen-bond acceptors (Lipinski definition) is 8. The van der Waals surface area contributed by atoms with Crippen LogP contribution in [0.5, 0.6) is 11.5 Å². The Morgan fingerprint density at radius 2 is 1.22 bits per heavy atom. The van der Waals surface area contributed by atoms with Crippen LogP contribution in [0.2, 0.25) is 0 Å². The molecule has 9 heteroatoms. The maximum absolute atomic E-state index is 13.4. The lowest BCUT2D eigenvalue weighted by atomic mass is 9.81. The highest BCUT2D eigenvalue weighted by Gasteiger charge is 2.38. The molecule has 0 fully saturated rings. The lowest BCUT2D eigenvalue weighted by Crippen LogP contribution is -2.29. The summed E-state index contributed by atoms with van der Waals surface area (Å²) in [6.45, 7) is 4.46. The van der Waals surface area contributed by atoms with Crippen LogP contribution in [0.25, 0.3) is 0 Å². The fourth-order valence-corrected chi connectivity index (χ4v) is 3.66. The van der Waals surface area contributed by atoms with Gasteiger partial charge in [0.25, 0.3) is 0 Å². The van der Waals surface area contributed by atoms with E-state index in [1.54, 1.807) is 19.0 Å². The molecular weight excluding hydrogens is 412 g/mol. The van der Waals surface area contributed by atoms with Gasteiger partial charge in [-0.2, -0.15) is 0 Å². The highest BCUT2D eigenvalue weighted by molar-refractivity contribution is 6.33. The highest BCUT2D eigenvalue weighted by Crippen LogP contribution is 2.42. The average molecular weight is 438 g/mol. The molecule has 0 saturated carbocycles. The Kier molecular flexibility index (Phi) is 6.33. The van der Waals surface area contributed by atoms with E-state index in [-0.39, 0.29) is 45.9 Å². The Morgan fingerprint density at radius 3 is 1.66 bits per heavy atom. The largest absolute Gasteiger partial charge is 0.507 e. The number of nitrogens with one attached hydrogen (secondary N) is 2. The summed E-state index contributed by atoms with van der Waals surface area (Å²) in [6.07, 6.45) is 0. The van der Waals surface area contributed by atoms with Crippen molar-refractivity contribution in [1.29, 1.82) is 0 Å². The summed E-state index contributed by atoms with van der Waals surface area (Å²) in [5.41, 5.74) is 0.306. The third-order valence-electron chi connectivity index (χ3n) is 4.83. The summed E-state index contributed by atoms with van der Waals surface area (Å²) < 4.78 is 0. The molecule has 0 radical (unpaired) electrons. The number of rotatable bonds is 7. The van der Waals surface area contributed by atoms with Crippen LogP contribution in [0, 0.1) is 0 Å². The Bertz CT molecular complexity index is 1050. The van der Waals surface area contributed by atoms with Crippen LogP contribution in [0.15, 0.2) is 36.5 Å². The number of phenols is 2. The molecule has 0 unspecified atom stereocenters. The summed E-state index contributed by atoms with van der Waals surface area (Å²) >= 11 is 0. The zero-order valence-corrected chi connectivity index (χ0v) is 18.4. The van der Waals surface area contributed by atoms with Crippen LogP contribution in [0.3, 0.4) is 0 Å². The van der Waals surface area contributed by atoms with Crippen molar-refractivity contribution < 1.29 is 24.6 Å². The van der Waals surface area contributed by atoms with Gasteiger partial charge in [-0.15, -0.1) is 0 Å². The minimum atomic E-state index is -0.676. The molecule has 32 heavy (non-hydrogen) atoms. The second kappa shape index (κ2) is 8.81. The molecule has 2 aromatic carbocycles. The first kappa shape index (κ1) is 23.0. The van der Waals surface area contributed by atoms with E-state index in [0.717, 1.165) is 0 Å². The molecule has 0 saturated heterocycles. The van der Waals surface area contributed by atoms with E-state index in [0.29, 0.717) is 12.2 Å². The summed E-state index contributed by atoms with van der Waals surface area (Å²) in [4.78, 5) is 42.7. The monoisotopic (exact) mass is 438 g/mol. The summed E-state index contributed by atoms with van der Waals surface area (Å²) in [5, 5.41) is 26.5. The molecule has 1 aliphatic carbocycles. The second-order valence-electron chi connectivity index (χ2n) is 8.18. The molecule has 0 aliphatic heterocycles. The normalized spacial score (nSPS) is 12.6. The smallest absolute Gasteiger partial charge is 0.238 e. The van der Waals surface area contributed by atoms with Crippen LogP contribution in [-0.4, -0.2) is 78.8 Å². The molecular formula is C23H26N4O5. The SMILES string of the molecule is C=C(CN(C)C)Nc1ccc(O)c2c1C(=O)c1c(O)ccc(NC(=O)CN(C)C)c1C2=O. The molecule has 0 heterocycles. The number of carbonyl (C=O) groups is 3. The molecule has 1 amide bonds. The number of likely N-dealkylation sites (N-methyl/N-ethyl adjacent to an activating group) is 2. The van der Waals surface area contributed by atoms with Crippen LogP contribution >= 0.6 is 0 Å². The van der Waals surface area contributed by atoms with E-state index >= 15 is 0 Å². The van der Waals surface area contributed by atoms with Crippen LogP contribution in [-0.2, 0) is 4.79 Å². The van der Waals surface area contributed by atoms with E-state index in [4.69, 9.17) is 0 Å². The van der Waals surface area contributed by atoms with E-state index < -0.39 is 23.2 Å². The number of benzene rings is 2. The van der Waals surface area contributed by atoms with Gasteiger partial charge < -0.3 is 30.6 Å².